The number of anilines is 1. The van der Waals surface area contributed by atoms with Crippen molar-refractivity contribution in [3.05, 3.63) is 92.1 Å². The number of rotatable bonds is 3. The Bertz CT molecular complexity index is 1530. The molecule has 0 aliphatic heterocycles. The molecular weight excluding hydrogens is 482 g/mol. The first-order valence-electron chi connectivity index (χ1n) is 9.28. The number of aromatic amines is 1. The van der Waals surface area contributed by atoms with Crippen LogP contribution in [0.1, 0.15) is 10.4 Å². The Morgan fingerprint density at radius 3 is 2.65 bits per heavy atom. The SMILES string of the molecule is O=C(Nc1ccc(-c2nc3c(oc4ccc(Br)cc43)c(=O)[nH]2)c(Cl)c1)c1ccccc1. The Labute approximate surface area is 189 Å². The van der Waals surface area contributed by atoms with Crippen molar-refractivity contribution in [2.24, 2.45) is 0 Å². The summed E-state index contributed by atoms with van der Waals surface area (Å²) in [6.07, 6.45) is 0. The summed E-state index contributed by atoms with van der Waals surface area (Å²) in [4.78, 5) is 32.3. The molecular formula is C23H13BrClN3O3. The number of nitrogens with one attached hydrogen (secondary N) is 2. The summed E-state index contributed by atoms with van der Waals surface area (Å²) in [5, 5.41) is 3.87. The van der Waals surface area contributed by atoms with Crippen LogP contribution in [0.25, 0.3) is 33.5 Å². The van der Waals surface area contributed by atoms with E-state index in [9.17, 15) is 9.59 Å². The average Bonchev–Trinajstić information content (AvgIpc) is 3.13. The molecule has 6 nitrogen and oxygen atoms in total. The predicted molar refractivity (Wildman–Crippen MR) is 125 cm³/mol. The van der Waals surface area contributed by atoms with E-state index in [4.69, 9.17) is 16.0 Å². The molecule has 0 unspecified atom stereocenters. The molecule has 0 aliphatic rings. The van der Waals surface area contributed by atoms with Crippen molar-refractivity contribution >= 4 is 61.2 Å². The fourth-order valence-electron chi connectivity index (χ4n) is 3.33. The van der Waals surface area contributed by atoms with Gasteiger partial charge in [-0.25, -0.2) is 4.98 Å². The quantitative estimate of drug-likeness (QED) is 0.322. The van der Waals surface area contributed by atoms with Crippen molar-refractivity contribution in [3.63, 3.8) is 0 Å². The highest BCUT2D eigenvalue weighted by molar-refractivity contribution is 9.10. The first-order chi connectivity index (χ1) is 15.0. The molecule has 2 aromatic heterocycles. The zero-order valence-corrected chi connectivity index (χ0v) is 18.1. The smallest absolute Gasteiger partial charge is 0.294 e. The maximum Gasteiger partial charge on any atom is 0.294 e. The van der Waals surface area contributed by atoms with Crippen LogP contribution in [0.15, 0.2) is 80.4 Å². The minimum Gasteiger partial charge on any atom is -0.449 e. The Morgan fingerprint density at radius 2 is 1.87 bits per heavy atom. The van der Waals surface area contributed by atoms with Crippen LogP contribution in [-0.4, -0.2) is 15.9 Å². The highest BCUT2D eigenvalue weighted by atomic mass is 79.9. The summed E-state index contributed by atoms with van der Waals surface area (Å²) in [5.74, 6) is 0.0684. The zero-order chi connectivity index (χ0) is 21.5. The summed E-state index contributed by atoms with van der Waals surface area (Å²) in [5.41, 5.74) is 2.37. The van der Waals surface area contributed by atoms with Crippen molar-refractivity contribution in [1.29, 1.82) is 0 Å². The van der Waals surface area contributed by atoms with Gasteiger partial charge in [0.1, 0.15) is 16.9 Å². The molecule has 5 aromatic rings. The minimum absolute atomic E-state index is 0.153. The Balaban J connectivity index is 1.54. The molecule has 31 heavy (non-hydrogen) atoms. The normalized spacial score (nSPS) is 11.2. The lowest BCUT2D eigenvalue weighted by Crippen LogP contribution is -2.12. The summed E-state index contributed by atoms with van der Waals surface area (Å²) in [6.45, 7) is 0. The molecule has 0 saturated carbocycles. The van der Waals surface area contributed by atoms with Crippen molar-refractivity contribution in [1.82, 2.24) is 9.97 Å². The summed E-state index contributed by atoms with van der Waals surface area (Å²) in [6, 6.07) is 19.4. The number of aromatic nitrogens is 2. The van der Waals surface area contributed by atoms with Crippen molar-refractivity contribution in [2.75, 3.05) is 5.32 Å². The number of benzene rings is 3. The third-order valence-electron chi connectivity index (χ3n) is 4.80. The van der Waals surface area contributed by atoms with Gasteiger partial charge in [0.2, 0.25) is 5.58 Å². The monoisotopic (exact) mass is 493 g/mol. The van der Waals surface area contributed by atoms with E-state index in [2.05, 4.69) is 31.2 Å². The highest BCUT2D eigenvalue weighted by Gasteiger charge is 2.16. The molecule has 0 spiro atoms. The second-order valence-corrected chi connectivity index (χ2v) is 8.17. The molecule has 3 aromatic carbocycles. The summed E-state index contributed by atoms with van der Waals surface area (Å²) in [7, 11) is 0. The Morgan fingerprint density at radius 1 is 1.06 bits per heavy atom. The fraction of sp³-hybridized carbons (Fsp3) is 0. The number of carbonyl (C=O) groups excluding carboxylic acids is 1. The molecule has 8 heteroatoms. The van der Waals surface area contributed by atoms with E-state index in [-0.39, 0.29) is 11.5 Å². The molecule has 5 rings (SSSR count). The molecule has 0 saturated heterocycles. The van der Waals surface area contributed by atoms with E-state index in [0.717, 1.165) is 9.86 Å². The minimum atomic E-state index is -0.398. The lowest BCUT2D eigenvalue weighted by molar-refractivity contribution is 0.102. The predicted octanol–water partition coefficient (Wildman–Crippen LogP) is 6.00. The Hall–Kier alpha value is -3.42. The number of furan rings is 1. The second-order valence-electron chi connectivity index (χ2n) is 6.85. The van der Waals surface area contributed by atoms with E-state index in [0.29, 0.717) is 38.8 Å². The van der Waals surface area contributed by atoms with Gasteiger partial charge in [0, 0.05) is 26.7 Å². The van der Waals surface area contributed by atoms with Gasteiger partial charge in [-0.1, -0.05) is 45.7 Å². The van der Waals surface area contributed by atoms with Gasteiger partial charge in [-0.2, -0.15) is 0 Å². The number of halogens is 2. The van der Waals surface area contributed by atoms with Gasteiger partial charge in [0.15, 0.2) is 0 Å². The van der Waals surface area contributed by atoms with Crippen molar-refractivity contribution in [3.8, 4) is 11.4 Å². The molecule has 152 valence electrons. The van der Waals surface area contributed by atoms with Crippen LogP contribution >= 0.6 is 27.5 Å². The maximum absolute atomic E-state index is 12.6. The van der Waals surface area contributed by atoms with Crippen molar-refractivity contribution in [2.45, 2.75) is 0 Å². The van der Waals surface area contributed by atoms with Crippen molar-refractivity contribution < 1.29 is 9.21 Å². The summed E-state index contributed by atoms with van der Waals surface area (Å²) < 4.78 is 6.51. The number of hydrogen-bond donors (Lipinski definition) is 2. The largest absolute Gasteiger partial charge is 0.449 e. The molecule has 2 N–H and O–H groups in total. The fourth-order valence-corrected chi connectivity index (χ4v) is 3.96. The van der Waals surface area contributed by atoms with Crippen LogP contribution in [0.5, 0.6) is 0 Å². The molecule has 1 amide bonds. The number of hydrogen-bond acceptors (Lipinski definition) is 4. The average molecular weight is 495 g/mol. The number of amides is 1. The van der Waals surface area contributed by atoms with E-state index in [1.807, 2.05) is 18.2 Å². The van der Waals surface area contributed by atoms with Gasteiger partial charge < -0.3 is 14.7 Å². The maximum atomic E-state index is 12.6. The number of nitrogens with zero attached hydrogens (tertiary/aromatic N) is 1. The third kappa shape index (κ3) is 3.62. The number of fused-ring (bicyclic) bond motifs is 3. The lowest BCUT2D eigenvalue weighted by atomic mass is 10.1. The van der Waals surface area contributed by atoms with Crippen LogP contribution in [-0.2, 0) is 0 Å². The highest BCUT2D eigenvalue weighted by Crippen LogP contribution is 2.32. The van der Waals surface area contributed by atoms with Gasteiger partial charge in [0.05, 0.1) is 5.02 Å². The van der Waals surface area contributed by atoms with Gasteiger partial charge in [-0.3, -0.25) is 9.59 Å². The van der Waals surface area contributed by atoms with Gasteiger partial charge >= 0.3 is 0 Å². The van der Waals surface area contributed by atoms with Crippen LogP contribution in [0, 0.1) is 0 Å². The summed E-state index contributed by atoms with van der Waals surface area (Å²) >= 11 is 9.90. The van der Waals surface area contributed by atoms with E-state index < -0.39 is 5.56 Å². The van der Waals surface area contributed by atoms with E-state index >= 15 is 0 Å². The lowest BCUT2D eigenvalue weighted by Gasteiger charge is -2.09. The standard InChI is InChI=1S/C23H13BrClN3O3/c24-13-6-9-18-16(10-13)19-20(31-18)23(30)28-21(27-19)15-8-7-14(11-17(15)25)26-22(29)12-4-2-1-3-5-12/h1-11H,(H,26,29)(H,27,28,30). The van der Waals surface area contributed by atoms with Crippen LogP contribution < -0.4 is 10.9 Å². The van der Waals surface area contributed by atoms with E-state index in [1.54, 1.807) is 48.5 Å². The topological polar surface area (TPSA) is 88.0 Å². The molecule has 0 fully saturated rings. The van der Waals surface area contributed by atoms with Gasteiger partial charge in [-0.05, 0) is 48.5 Å². The number of carbonyl (C=O) groups is 1. The zero-order valence-electron chi connectivity index (χ0n) is 15.8. The molecule has 0 atom stereocenters. The van der Waals surface area contributed by atoms with Crippen LogP contribution in [0.2, 0.25) is 5.02 Å². The molecule has 2 heterocycles. The first kappa shape index (κ1) is 19.5. The number of H-pyrrole nitrogens is 1. The van der Waals surface area contributed by atoms with Crippen LogP contribution in [0.4, 0.5) is 5.69 Å². The molecule has 0 radical (unpaired) electrons. The molecule has 0 bridgehead atoms. The van der Waals surface area contributed by atoms with Crippen LogP contribution in [0.3, 0.4) is 0 Å². The molecule has 0 aliphatic carbocycles. The second kappa shape index (κ2) is 7.68. The third-order valence-corrected chi connectivity index (χ3v) is 5.61. The van der Waals surface area contributed by atoms with Gasteiger partial charge in [0.25, 0.3) is 11.5 Å². The Kier molecular flexibility index (Phi) is 4.84. The first-order valence-corrected chi connectivity index (χ1v) is 10.4. The van der Waals surface area contributed by atoms with E-state index in [1.165, 1.54) is 0 Å². The van der Waals surface area contributed by atoms with Gasteiger partial charge in [-0.15, -0.1) is 0 Å².